The highest BCUT2D eigenvalue weighted by molar-refractivity contribution is 5.75. The average Bonchev–Trinajstić information content (AvgIpc) is 2.58. The number of aliphatic hydroxyl groups excluding tert-OH is 1. The van der Waals surface area contributed by atoms with E-state index in [4.69, 9.17) is 0 Å². The summed E-state index contributed by atoms with van der Waals surface area (Å²) in [6.07, 6.45) is 1.62. The number of nitrogens with one attached hydrogen (secondary N) is 1. The van der Waals surface area contributed by atoms with Gasteiger partial charge in [-0.1, -0.05) is 18.2 Å². The van der Waals surface area contributed by atoms with Crippen molar-refractivity contribution in [2.24, 2.45) is 0 Å². The van der Waals surface area contributed by atoms with Crippen LogP contribution in [0.15, 0.2) is 48.7 Å². The molecule has 2 atom stereocenters. The Bertz CT molecular complexity index is 651. The summed E-state index contributed by atoms with van der Waals surface area (Å²) >= 11 is 0. The van der Waals surface area contributed by atoms with E-state index in [2.05, 4.69) is 10.3 Å². The molecule has 122 valence electrons. The largest absolute Gasteiger partial charge is 0.394 e. The van der Waals surface area contributed by atoms with Crippen molar-refractivity contribution < 1.29 is 14.3 Å². The number of aromatic nitrogens is 1. The molecule has 2 rings (SSSR count). The summed E-state index contributed by atoms with van der Waals surface area (Å²) in [5.74, 6) is -0.380. The molecule has 1 heterocycles. The van der Waals surface area contributed by atoms with Gasteiger partial charge in [0.15, 0.2) is 0 Å². The molecule has 0 bridgehead atoms. The van der Waals surface area contributed by atoms with Gasteiger partial charge < -0.3 is 15.3 Å². The third kappa shape index (κ3) is 4.26. The monoisotopic (exact) mass is 317 g/mol. The number of rotatable bonds is 5. The van der Waals surface area contributed by atoms with Gasteiger partial charge >= 0.3 is 6.03 Å². The molecular weight excluding hydrogens is 297 g/mol. The van der Waals surface area contributed by atoms with Crippen LogP contribution < -0.4 is 5.32 Å². The van der Waals surface area contributed by atoms with Gasteiger partial charge in [-0.25, -0.2) is 9.18 Å². The zero-order valence-corrected chi connectivity index (χ0v) is 13.1. The summed E-state index contributed by atoms with van der Waals surface area (Å²) in [6, 6.07) is 10.1. The number of pyridine rings is 1. The van der Waals surface area contributed by atoms with E-state index >= 15 is 0 Å². The fourth-order valence-corrected chi connectivity index (χ4v) is 2.11. The Balaban J connectivity index is 2.30. The van der Waals surface area contributed by atoms with Crippen LogP contribution in [0, 0.1) is 5.82 Å². The van der Waals surface area contributed by atoms with Crippen LogP contribution in [0.5, 0.6) is 0 Å². The van der Waals surface area contributed by atoms with Crippen LogP contribution >= 0.6 is 0 Å². The summed E-state index contributed by atoms with van der Waals surface area (Å²) < 4.78 is 13.5. The first kappa shape index (κ1) is 16.9. The van der Waals surface area contributed by atoms with Gasteiger partial charge in [-0.3, -0.25) is 4.98 Å². The van der Waals surface area contributed by atoms with Gasteiger partial charge in [-0.2, -0.15) is 0 Å². The summed E-state index contributed by atoms with van der Waals surface area (Å²) in [6.45, 7) is 1.59. The third-order valence-corrected chi connectivity index (χ3v) is 3.68. The average molecular weight is 317 g/mol. The quantitative estimate of drug-likeness (QED) is 0.889. The molecule has 5 nitrogen and oxygen atoms in total. The molecule has 1 aromatic carbocycles. The standard InChI is InChI=1S/C17H20FN3O2/c1-12(11-22)21(2)17(23)20-16(15-8-3-4-9-19-15)13-6-5-7-14(18)10-13/h3-10,12,16,22H,11H2,1-2H3,(H,20,23). The van der Waals surface area contributed by atoms with Crippen molar-refractivity contribution in [3.63, 3.8) is 0 Å². The zero-order valence-electron chi connectivity index (χ0n) is 13.1. The Morgan fingerprint density at radius 1 is 1.35 bits per heavy atom. The number of hydrogen-bond acceptors (Lipinski definition) is 3. The number of carbonyl (C=O) groups is 1. The maximum atomic E-state index is 13.5. The second-order valence-corrected chi connectivity index (χ2v) is 5.33. The lowest BCUT2D eigenvalue weighted by molar-refractivity contribution is 0.155. The Morgan fingerprint density at radius 3 is 2.74 bits per heavy atom. The lowest BCUT2D eigenvalue weighted by atomic mass is 10.0. The summed E-state index contributed by atoms with van der Waals surface area (Å²) in [5.41, 5.74) is 1.21. The molecule has 0 saturated heterocycles. The van der Waals surface area contributed by atoms with Gasteiger partial charge in [-0.05, 0) is 36.8 Å². The normalized spacial score (nSPS) is 13.2. The van der Waals surface area contributed by atoms with Gasteiger partial charge in [-0.15, -0.1) is 0 Å². The summed E-state index contributed by atoms with van der Waals surface area (Å²) in [7, 11) is 1.59. The Hall–Kier alpha value is -2.47. The van der Waals surface area contributed by atoms with Crippen LogP contribution in [-0.2, 0) is 0 Å². The van der Waals surface area contributed by atoms with Crippen LogP contribution in [0.1, 0.15) is 24.2 Å². The molecule has 2 unspecified atom stereocenters. The topological polar surface area (TPSA) is 65.5 Å². The number of carbonyl (C=O) groups excluding carboxylic acids is 1. The van der Waals surface area contributed by atoms with E-state index < -0.39 is 6.04 Å². The summed E-state index contributed by atoms with van der Waals surface area (Å²) in [4.78, 5) is 18.0. The maximum absolute atomic E-state index is 13.5. The lowest BCUT2D eigenvalue weighted by Gasteiger charge is -2.27. The van der Waals surface area contributed by atoms with Crippen molar-refractivity contribution in [3.8, 4) is 0 Å². The van der Waals surface area contributed by atoms with Gasteiger partial charge in [0.25, 0.3) is 0 Å². The van der Waals surface area contributed by atoms with Gasteiger partial charge in [0.2, 0.25) is 0 Å². The number of benzene rings is 1. The number of hydrogen-bond donors (Lipinski definition) is 2. The van der Waals surface area contributed by atoms with E-state index in [1.807, 2.05) is 0 Å². The Kier molecular flexibility index (Phi) is 5.65. The van der Waals surface area contributed by atoms with Crippen molar-refractivity contribution in [1.29, 1.82) is 0 Å². The van der Waals surface area contributed by atoms with Gasteiger partial charge in [0, 0.05) is 13.2 Å². The van der Waals surface area contributed by atoms with Crippen molar-refractivity contribution in [2.45, 2.75) is 19.0 Å². The molecule has 2 N–H and O–H groups in total. The van der Waals surface area contributed by atoms with E-state index in [-0.39, 0.29) is 24.5 Å². The first-order valence-corrected chi connectivity index (χ1v) is 7.33. The molecule has 2 aromatic rings. The second-order valence-electron chi connectivity index (χ2n) is 5.33. The molecule has 0 aliphatic carbocycles. The van der Waals surface area contributed by atoms with E-state index in [9.17, 15) is 14.3 Å². The van der Waals surface area contributed by atoms with E-state index in [0.29, 0.717) is 11.3 Å². The van der Waals surface area contributed by atoms with Crippen LogP contribution in [-0.4, -0.2) is 40.7 Å². The number of likely N-dealkylation sites (N-methyl/N-ethyl adjacent to an activating group) is 1. The Labute approximate surface area is 134 Å². The first-order chi connectivity index (χ1) is 11.0. The lowest BCUT2D eigenvalue weighted by Crippen LogP contribution is -2.45. The molecule has 1 aromatic heterocycles. The minimum Gasteiger partial charge on any atom is -0.394 e. The molecular formula is C17H20FN3O2. The van der Waals surface area contributed by atoms with Crippen LogP contribution in [0.25, 0.3) is 0 Å². The number of urea groups is 1. The van der Waals surface area contributed by atoms with E-state index in [0.717, 1.165) is 0 Å². The number of nitrogens with zero attached hydrogens (tertiary/aromatic N) is 2. The van der Waals surface area contributed by atoms with E-state index in [1.54, 1.807) is 50.5 Å². The van der Waals surface area contributed by atoms with Crippen LogP contribution in [0.2, 0.25) is 0 Å². The Morgan fingerprint density at radius 2 is 2.13 bits per heavy atom. The number of halogens is 1. The van der Waals surface area contributed by atoms with E-state index in [1.165, 1.54) is 17.0 Å². The second kappa shape index (κ2) is 7.69. The molecule has 2 amide bonds. The molecule has 0 saturated carbocycles. The SMILES string of the molecule is CC(CO)N(C)C(=O)NC(c1cccc(F)c1)c1ccccn1. The minimum atomic E-state index is -0.576. The van der Waals surface area contributed by atoms with Crippen molar-refractivity contribution in [2.75, 3.05) is 13.7 Å². The highest BCUT2D eigenvalue weighted by atomic mass is 19.1. The van der Waals surface area contributed by atoms with Crippen molar-refractivity contribution in [3.05, 3.63) is 65.7 Å². The fourth-order valence-electron chi connectivity index (χ4n) is 2.11. The highest BCUT2D eigenvalue weighted by Gasteiger charge is 2.22. The molecule has 0 fully saturated rings. The molecule has 6 heteroatoms. The highest BCUT2D eigenvalue weighted by Crippen LogP contribution is 2.21. The zero-order chi connectivity index (χ0) is 16.8. The molecule has 0 radical (unpaired) electrons. The predicted octanol–water partition coefficient (Wildman–Crippen LogP) is 2.33. The molecule has 0 aliphatic heterocycles. The van der Waals surface area contributed by atoms with Crippen LogP contribution in [0.4, 0.5) is 9.18 Å². The minimum absolute atomic E-state index is 0.141. The summed E-state index contributed by atoms with van der Waals surface area (Å²) in [5, 5.41) is 12.0. The molecule has 23 heavy (non-hydrogen) atoms. The van der Waals surface area contributed by atoms with Crippen LogP contribution in [0.3, 0.4) is 0 Å². The molecule has 0 spiro atoms. The predicted molar refractivity (Wildman–Crippen MR) is 85.3 cm³/mol. The smallest absolute Gasteiger partial charge is 0.318 e. The number of amides is 2. The number of aliphatic hydroxyl groups is 1. The van der Waals surface area contributed by atoms with Crippen molar-refractivity contribution in [1.82, 2.24) is 15.2 Å². The van der Waals surface area contributed by atoms with Crippen molar-refractivity contribution >= 4 is 6.03 Å². The third-order valence-electron chi connectivity index (χ3n) is 3.68. The molecule has 0 aliphatic rings. The fraction of sp³-hybridized carbons (Fsp3) is 0.294. The maximum Gasteiger partial charge on any atom is 0.318 e. The van der Waals surface area contributed by atoms with Gasteiger partial charge in [0.1, 0.15) is 5.82 Å². The van der Waals surface area contributed by atoms with Gasteiger partial charge in [0.05, 0.1) is 24.4 Å². The first-order valence-electron chi connectivity index (χ1n) is 7.33.